The molecule has 3 nitrogen and oxygen atoms in total. The van der Waals surface area contributed by atoms with Crippen LogP contribution in [-0.2, 0) is 4.79 Å². The van der Waals surface area contributed by atoms with Crippen LogP contribution in [0.4, 0.5) is 0 Å². The van der Waals surface area contributed by atoms with E-state index in [-0.39, 0.29) is 12.2 Å². The zero-order valence-corrected chi connectivity index (χ0v) is 10.4. The van der Waals surface area contributed by atoms with E-state index in [9.17, 15) is 9.59 Å². The minimum atomic E-state index is -0.812. The van der Waals surface area contributed by atoms with Gasteiger partial charge in [0.1, 0.15) is 0 Å². The molecule has 0 fully saturated rings. The van der Waals surface area contributed by atoms with Gasteiger partial charge in [-0.05, 0) is 18.9 Å². The number of halogens is 1. The van der Waals surface area contributed by atoms with Crippen LogP contribution in [0.1, 0.15) is 36.0 Å². The van der Waals surface area contributed by atoms with Gasteiger partial charge in [0.15, 0.2) is 5.78 Å². The molecule has 0 aliphatic carbocycles. The number of carbonyl (C=O) groups is 2. The molecule has 0 radical (unpaired) electrons. The van der Waals surface area contributed by atoms with Crippen LogP contribution in [0.25, 0.3) is 0 Å². The second-order valence-corrected chi connectivity index (χ2v) is 4.36. The van der Waals surface area contributed by atoms with Crippen molar-refractivity contribution >= 4 is 27.7 Å². The summed E-state index contributed by atoms with van der Waals surface area (Å²) in [6.45, 7) is 0. The van der Waals surface area contributed by atoms with Gasteiger partial charge < -0.3 is 5.11 Å². The minimum absolute atomic E-state index is 0.0536. The topological polar surface area (TPSA) is 54.4 Å². The average molecular weight is 285 g/mol. The molecule has 0 aromatic heterocycles. The Morgan fingerprint density at radius 1 is 1.12 bits per heavy atom. The van der Waals surface area contributed by atoms with Crippen LogP contribution in [0.2, 0.25) is 0 Å². The van der Waals surface area contributed by atoms with Crippen molar-refractivity contribution in [1.82, 2.24) is 0 Å². The average Bonchev–Trinajstić information content (AvgIpc) is 2.24. The number of carboxylic acid groups (broad SMARTS) is 1. The Balaban J connectivity index is 2.41. The summed E-state index contributed by atoms with van der Waals surface area (Å²) in [5.74, 6) is -0.758. The minimum Gasteiger partial charge on any atom is -0.481 e. The van der Waals surface area contributed by atoms with Crippen LogP contribution >= 0.6 is 15.9 Å². The van der Waals surface area contributed by atoms with Crippen molar-refractivity contribution in [3.05, 3.63) is 34.3 Å². The predicted molar refractivity (Wildman–Crippen MR) is 64.6 cm³/mol. The first-order valence-electron chi connectivity index (χ1n) is 5.11. The molecule has 0 unspecified atom stereocenters. The molecular weight excluding hydrogens is 272 g/mol. The first-order chi connectivity index (χ1) is 7.61. The van der Waals surface area contributed by atoms with Crippen molar-refractivity contribution in [2.45, 2.75) is 25.7 Å². The summed E-state index contributed by atoms with van der Waals surface area (Å²) < 4.78 is 0.790. The highest BCUT2D eigenvalue weighted by Crippen LogP contribution is 2.18. The number of ketones is 1. The number of hydrogen-bond donors (Lipinski definition) is 1. The number of Topliss-reactive ketones (excluding diaryl/α,β-unsaturated/α-hetero) is 1. The second kappa shape index (κ2) is 6.43. The number of hydrogen-bond acceptors (Lipinski definition) is 2. The first-order valence-corrected chi connectivity index (χ1v) is 5.90. The third-order valence-electron chi connectivity index (χ3n) is 2.22. The van der Waals surface area contributed by atoms with Crippen LogP contribution in [0.15, 0.2) is 28.7 Å². The van der Waals surface area contributed by atoms with Crippen molar-refractivity contribution in [2.24, 2.45) is 0 Å². The Morgan fingerprint density at radius 2 is 1.75 bits per heavy atom. The first kappa shape index (κ1) is 12.9. The fourth-order valence-electron chi connectivity index (χ4n) is 1.38. The maximum absolute atomic E-state index is 11.7. The van der Waals surface area contributed by atoms with Gasteiger partial charge in [-0.25, -0.2) is 0 Å². The SMILES string of the molecule is O=C(O)CCCCC(=O)c1ccccc1Br. The molecule has 86 valence electrons. The number of carboxylic acids is 1. The van der Waals surface area contributed by atoms with Gasteiger partial charge in [-0.1, -0.05) is 34.1 Å². The molecule has 16 heavy (non-hydrogen) atoms. The molecule has 0 amide bonds. The van der Waals surface area contributed by atoms with E-state index in [1.54, 1.807) is 6.07 Å². The lowest BCUT2D eigenvalue weighted by Crippen LogP contribution is -2.01. The van der Waals surface area contributed by atoms with Crippen LogP contribution in [0.3, 0.4) is 0 Å². The molecule has 0 bridgehead atoms. The molecule has 1 rings (SSSR count). The van der Waals surface area contributed by atoms with Crippen LogP contribution in [-0.4, -0.2) is 16.9 Å². The molecule has 0 spiro atoms. The number of benzene rings is 1. The van der Waals surface area contributed by atoms with E-state index in [2.05, 4.69) is 15.9 Å². The van der Waals surface area contributed by atoms with Gasteiger partial charge in [0, 0.05) is 22.9 Å². The second-order valence-electron chi connectivity index (χ2n) is 3.50. The summed E-state index contributed by atoms with van der Waals surface area (Å²) in [7, 11) is 0. The third kappa shape index (κ3) is 4.14. The Hall–Kier alpha value is -1.16. The Kier molecular flexibility index (Phi) is 5.19. The quantitative estimate of drug-likeness (QED) is 0.644. The monoisotopic (exact) mass is 284 g/mol. The summed E-state index contributed by atoms with van der Waals surface area (Å²) in [6.07, 6.45) is 1.69. The lowest BCUT2D eigenvalue weighted by atomic mass is 10.0. The van der Waals surface area contributed by atoms with Gasteiger partial charge in [-0.3, -0.25) is 9.59 Å². The van der Waals surface area contributed by atoms with Gasteiger partial charge in [-0.15, -0.1) is 0 Å². The van der Waals surface area contributed by atoms with Crippen molar-refractivity contribution in [3.8, 4) is 0 Å². The van der Waals surface area contributed by atoms with E-state index < -0.39 is 5.97 Å². The molecule has 0 saturated carbocycles. The highest BCUT2D eigenvalue weighted by Gasteiger charge is 2.08. The van der Waals surface area contributed by atoms with Crippen LogP contribution < -0.4 is 0 Å². The lowest BCUT2D eigenvalue weighted by Gasteiger charge is -2.02. The maximum Gasteiger partial charge on any atom is 0.303 e. The van der Waals surface area contributed by atoms with Gasteiger partial charge in [-0.2, -0.15) is 0 Å². The van der Waals surface area contributed by atoms with Crippen molar-refractivity contribution in [1.29, 1.82) is 0 Å². The molecule has 0 aliphatic rings. The standard InChI is InChI=1S/C12H13BrO3/c13-10-6-2-1-5-9(10)11(14)7-3-4-8-12(15)16/h1-2,5-6H,3-4,7-8H2,(H,15,16). The van der Waals surface area contributed by atoms with Crippen LogP contribution in [0, 0.1) is 0 Å². The number of unbranched alkanes of at least 4 members (excludes halogenated alkanes) is 1. The van der Waals surface area contributed by atoms with Gasteiger partial charge >= 0.3 is 5.97 Å². The largest absolute Gasteiger partial charge is 0.481 e. The lowest BCUT2D eigenvalue weighted by molar-refractivity contribution is -0.137. The predicted octanol–water partition coefficient (Wildman–Crippen LogP) is 3.28. The van der Waals surface area contributed by atoms with Crippen molar-refractivity contribution in [3.63, 3.8) is 0 Å². The van der Waals surface area contributed by atoms with Gasteiger partial charge in [0.05, 0.1) is 0 Å². The molecule has 4 heteroatoms. The summed E-state index contributed by atoms with van der Waals surface area (Å²) >= 11 is 3.31. The summed E-state index contributed by atoms with van der Waals surface area (Å²) in [4.78, 5) is 22.0. The Labute approximate surface area is 103 Å². The molecule has 1 aromatic carbocycles. The fraction of sp³-hybridized carbons (Fsp3) is 0.333. The summed E-state index contributed by atoms with van der Waals surface area (Å²) in [6, 6.07) is 7.26. The van der Waals surface area contributed by atoms with Crippen molar-refractivity contribution in [2.75, 3.05) is 0 Å². The van der Waals surface area contributed by atoms with E-state index in [1.165, 1.54) is 0 Å². The van der Waals surface area contributed by atoms with Crippen molar-refractivity contribution < 1.29 is 14.7 Å². The van der Waals surface area contributed by atoms with Crippen LogP contribution in [0.5, 0.6) is 0 Å². The number of carbonyl (C=O) groups excluding carboxylic acids is 1. The zero-order valence-electron chi connectivity index (χ0n) is 8.78. The molecule has 0 aliphatic heterocycles. The summed E-state index contributed by atoms with van der Waals surface area (Å²) in [5, 5.41) is 8.45. The molecule has 0 heterocycles. The number of aliphatic carboxylic acids is 1. The molecule has 1 aromatic rings. The number of rotatable bonds is 6. The molecule has 0 atom stereocenters. The molecular formula is C12H13BrO3. The normalized spacial score (nSPS) is 10.1. The van der Waals surface area contributed by atoms with Gasteiger partial charge in [0.2, 0.25) is 0 Å². The molecule has 0 saturated heterocycles. The van der Waals surface area contributed by atoms with E-state index in [0.29, 0.717) is 24.8 Å². The van der Waals surface area contributed by atoms with E-state index in [4.69, 9.17) is 5.11 Å². The van der Waals surface area contributed by atoms with E-state index in [0.717, 1.165) is 4.47 Å². The van der Waals surface area contributed by atoms with E-state index in [1.807, 2.05) is 18.2 Å². The highest BCUT2D eigenvalue weighted by atomic mass is 79.9. The Bertz CT molecular complexity index is 388. The smallest absolute Gasteiger partial charge is 0.303 e. The summed E-state index contributed by atoms with van der Waals surface area (Å²) in [5.41, 5.74) is 0.665. The van der Waals surface area contributed by atoms with Gasteiger partial charge in [0.25, 0.3) is 0 Å². The third-order valence-corrected chi connectivity index (χ3v) is 2.91. The Morgan fingerprint density at radius 3 is 2.38 bits per heavy atom. The fourth-order valence-corrected chi connectivity index (χ4v) is 1.89. The zero-order chi connectivity index (χ0) is 12.0. The molecule has 1 N–H and O–H groups in total. The van der Waals surface area contributed by atoms with E-state index >= 15 is 0 Å². The highest BCUT2D eigenvalue weighted by molar-refractivity contribution is 9.10. The maximum atomic E-state index is 11.7.